The summed E-state index contributed by atoms with van der Waals surface area (Å²) in [5.41, 5.74) is -2.68. The molecule has 4 rings (SSSR count). The van der Waals surface area contributed by atoms with Gasteiger partial charge >= 0.3 is 5.97 Å². The van der Waals surface area contributed by atoms with Crippen molar-refractivity contribution in [3.63, 3.8) is 0 Å². The number of ketones is 2. The minimum atomic E-state index is -1.75. The topological polar surface area (TPSA) is 119 Å². The molecule has 0 amide bonds. The van der Waals surface area contributed by atoms with E-state index in [0.29, 0.717) is 16.9 Å². The zero-order valence-corrected chi connectivity index (χ0v) is 20.8. The SMILES string of the molecule is CC/C=C/C=C/[C@@]1(C)OC([C@H]2[C@@H]3O[C@H](C)[C@@H](C)C4=C3C(=CC(=O)[C@@]4(C)O)O[C@@H]2C)=C(C(=O)O)C1=O. The highest BCUT2D eigenvalue weighted by Gasteiger charge is 2.58. The Morgan fingerprint density at radius 1 is 1.14 bits per heavy atom. The van der Waals surface area contributed by atoms with Crippen LogP contribution >= 0.6 is 0 Å². The number of carboxylic acid groups (broad SMARTS) is 1. The third-order valence-electron chi connectivity index (χ3n) is 7.43. The molecule has 7 atom stereocenters. The number of hydrogen-bond donors (Lipinski definition) is 2. The van der Waals surface area contributed by atoms with E-state index in [2.05, 4.69) is 0 Å². The van der Waals surface area contributed by atoms with E-state index in [1.54, 1.807) is 19.1 Å². The number of allylic oxidation sites excluding steroid dienone is 3. The van der Waals surface area contributed by atoms with Crippen molar-refractivity contribution in [2.45, 2.75) is 77.5 Å². The molecular weight excluding hydrogens is 452 g/mol. The Morgan fingerprint density at radius 2 is 1.83 bits per heavy atom. The second-order valence-corrected chi connectivity index (χ2v) is 9.95. The number of carboxylic acids is 1. The summed E-state index contributed by atoms with van der Waals surface area (Å²) in [6, 6.07) is 0. The van der Waals surface area contributed by atoms with Crippen LogP contribution in [0.4, 0.5) is 0 Å². The summed E-state index contributed by atoms with van der Waals surface area (Å²) in [6.07, 6.45) is 7.13. The molecule has 35 heavy (non-hydrogen) atoms. The van der Waals surface area contributed by atoms with E-state index < -0.39 is 52.4 Å². The molecule has 2 N–H and O–H groups in total. The summed E-state index contributed by atoms with van der Waals surface area (Å²) < 4.78 is 18.6. The summed E-state index contributed by atoms with van der Waals surface area (Å²) in [4.78, 5) is 38.3. The van der Waals surface area contributed by atoms with Crippen LogP contribution in [0, 0.1) is 11.8 Å². The fourth-order valence-corrected chi connectivity index (χ4v) is 5.42. The maximum absolute atomic E-state index is 13.3. The first-order valence-electron chi connectivity index (χ1n) is 12.0. The fourth-order valence-electron chi connectivity index (χ4n) is 5.42. The monoisotopic (exact) mass is 484 g/mol. The molecule has 0 aromatic carbocycles. The second kappa shape index (κ2) is 8.60. The molecule has 8 nitrogen and oxygen atoms in total. The molecular formula is C27H32O8. The van der Waals surface area contributed by atoms with Gasteiger partial charge in [0.25, 0.3) is 0 Å². The predicted molar refractivity (Wildman–Crippen MR) is 126 cm³/mol. The average Bonchev–Trinajstić information content (AvgIpc) is 3.02. The molecule has 0 bridgehead atoms. The van der Waals surface area contributed by atoms with Gasteiger partial charge in [0.05, 0.1) is 18.1 Å². The van der Waals surface area contributed by atoms with E-state index >= 15 is 0 Å². The van der Waals surface area contributed by atoms with Crippen molar-refractivity contribution in [2.24, 2.45) is 11.8 Å². The van der Waals surface area contributed by atoms with Crippen molar-refractivity contribution in [3.8, 4) is 0 Å². The van der Waals surface area contributed by atoms with Gasteiger partial charge in [-0.25, -0.2) is 4.79 Å². The van der Waals surface area contributed by atoms with Gasteiger partial charge < -0.3 is 24.4 Å². The molecule has 1 saturated heterocycles. The highest BCUT2D eigenvalue weighted by molar-refractivity contribution is 6.22. The van der Waals surface area contributed by atoms with Crippen molar-refractivity contribution < 1.29 is 38.8 Å². The lowest BCUT2D eigenvalue weighted by Crippen LogP contribution is -2.55. The standard InChI is InChI=1S/C27H32O8/c1-7-8-9-10-11-26(5)24(29)20(25(30)31)23(35-26)18-15(4)33-16-12-17(28)27(6,32)21-13(2)14(3)34-22(18)19(16)21/h8-15,18,22,32H,7H2,1-6H3,(H,30,31)/b9-8+,11-10+/t13-,14-,15-,18-,22+,26-,27-/m1/s1. The average molecular weight is 485 g/mol. The van der Waals surface area contributed by atoms with Crippen molar-refractivity contribution in [3.05, 3.63) is 58.6 Å². The lowest BCUT2D eigenvalue weighted by molar-refractivity contribution is -0.138. The Morgan fingerprint density at radius 3 is 2.46 bits per heavy atom. The van der Waals surface area contributed by atoms with Gasteiger partial charge in [-0.1, -0.05) is 32.1 Å². The first kappa shape index (κ1) is 25.1. The van der Waals surface area contributed by atoms with E-state index in [1.807, 2.05) is 26.8 Å². The quantitative estimate of drug-likeness (QED) is 0.451. The summed E-state index contributed by atoms with van der Waals surface area (Å²) >= 11 is 0. The van der Waals surface area contributed by atoms with Crippen LogP contribution in [0.3, 0.4) is 0 Å². The minimum Gasteiger partial charge on any atom is -0.489 e. The number of Topliss-reactive ketones (excluding diaryl/α,β-unsaturated/α-hetero) is 1. The normalized spacial score (nSPS) is 39.2. The molecule has 0 aromatic heterocycles. The highest BCUT2D eigenvalue weighted by Crippen LogP contribution is 2.52. The molecule has 0 unspecified atom stereocenters. The maximum Gasteiger partial charge on any atom is 0.343 e. The van der Waals surface area contributed by atoms with Crippen LogP contribution in [-0.4, -0.2) is 57.3 Å². The number of carbonyl (C=O) groups excluding carboxylic acids is 2. The van der Waals surface area contributed by atoms with Crippen LogP contribution in [-0.2, 0) is 28.6 Å². The van der Waals surface area contributed by atoms with Crippen molar-refractivity contribution in [2.75, 3.05) is 0 Å². The summed E-state index contributed by atoms with van der Waals surface area (Å²) in [5, 5.41) is 21.1. The van der Waals surface area contributed by atoms with E-state index in [-0.39, 0.29) is 17.8 Å². The number of rotatable bonds is 5. The van der Waals surface area contributed by atoms with Gasteiger partial charge in [-0.15, -0.1) is 0 Å². The number of carbonyl (C=O) groups is 3. The number of aliphatic hydroxyl groups is 1. The lowest BCUT2D eigenvalue weighted by atomic mass is 9.68. The molecule has 1 fully saturated rings. The summed E-state index contributed by atoms with van der Waals surface area (Å²) in [6.45, 7) is 10.4. The third kappa shape index (κ3) is 3.79. The lowest BCUT2D eigenvalue weighted by Gasteiger charge is -2.50. The van der Waals surface area contributed by atoms with Crippen molar-refractivity contribution >= 4 is 17.5 Å². The molecule has 188 valence electrons. The van der Waals surface area contributed by atoms with Gasteiger partial charge in [0, 0.05) is 17.6 Å². The van der Waals surface area contributed by atoms with E-state index in [0.717, 1.165) is 6.42 Å². The Balaban J connectivity index is 1.85. The number of hydrogen-bond acceptors (Lipinski definition) is 7. The van der Waals surface area contributed by atoms with Gasteiger partial charge in [0.1, 0.15) is 28.8 Å². The smallest absolute Gasteiger partial charge is 0.343 e. The first-order chi connectivity index (χ1) is 16.3. The van der Waals surface area contributed by atoms with Crippen LogP contribution < -0.4 is 0 Å². The van der Waals surface area contributed by atoms with Gasteiger partial charge in [-0.3, -0.25) is 9.59 Å². The van der Waals surface area contributed by atoms with Crippen molar-refractivity contribution in [1.29, 1.82) is 0 Å². The minimum absolute atomic E-state index is 0.0178. The molecule has 3 heterocycles. The highest BCUT2D eigenvalue weighted by atomic mass is 16.5. The molecule has 8 heteroatoms. The molecule has 0 spiro atoms. The van der Waals surface area contributed by atoms with Gasteiger partial charge in [-0.2, -0.15) is 0 Å². The molecule has 3 aliphatic heterocycles. The molecule has 1 aliphatic carbocycles. The summed E-state index contributed by atoms with van der Waals surface area (Å²) in [5.74, 6) is -3.32. The Labute approximate surface area is 204 Å². The zero-order valence-electron chi connectivity index (χ0n) is 20.8. The summed E-state index contributed by atoms with van der Waals surface area (Å²) in [7, 11) is 0. The first-order valence-corrected chi connectivity index (χ1v) is 12.0. The third-order valence-corrected chi connectivity index (χ3v) is 7.43. The molecule has 0 saturated carbocycles. The van der Waals surface area contributed by atoms with Gasteiger partial charge in [-0.05, 0) is 45.8 Å². The Hall–Kier alpha value is -2.97. The second-order valence-electron chi connectivity index (χ2n) is 9.95. The van der Waals surface area contributed by atoms with Crippen LogP contribution in [0.15, 0.2) is 58.6 Å². The largest absolute Gasteiger partial charge is 0.489 e. The number of ether oxygens (including phenoxy) is 3. The van der Waals surface area contributed by atoms with Crippen LogP contribution in [0.1, 0.15) is 48.0 Å². The van der Waals surface area contributed by atoms with Gasteiger partial charge in [0.15, 0.2) is 11.4 Å². The van der Waals surface area contributed by atoms with Crippen molar-refractivity contribution in [1.82, 2.24) is 0 Å². The van der Waals surface area contributed by atoms with Gasteiger partial charge in [0.2, 0.25) is 5.78 Å². The Kier molecular flexibility index (Phi) is 6.18. The number of aliphatic carboxylic acids is 1. The van der Waals surface area contributed by atoms with E-state index in [1.165, 1.54) is 26.0 Å². The Bertz CT molecular complexity index is 1130. The fraction of sp³-hybridized carbons (Fsp3) is 0.519. The van der Waals surface area contributed by atoms with E-state index in [9.17, 15) is 24.6 Å². The van der Waals surface area contributed by atoms with Crippen LogP contribution in [0.2, 0.25) is 0 Å². The van der Waals surface area contributed by atoms with Crippen LogP contribution in [0.25, 0.3) is 0 Å². The molecule has 0 aromatic rings. The maximum atomic E-state index is 13.3. The molecule has 0 radical (unpaired) electrons. The van der Waals surface area contributed by atoms with Crippen LogP contribution in [0.5, 0.6) is 0 Å². The molecule has 4 aliphatic rings. The van der Waals surface area contributed by atoms with E-state index in [4.69, 9.17) is 14.2 Å². The zero-order chi connectivity index (χ0) is 25.9. The predicted octanol–water partition coefficient (Wildman–Crippen LogP) is 3.18.